The molecule has 1 aromatic carbocycles. The number of benzene rings is 1. The first-order chi connectivity index (χ1) is 8.93. The Hall–Kier alpha value is -1.31. The number of rotatable bonds is 3. The topological polar surface area (TPSA) is 61.8 Å². The molecule has 1 heterocycles. The summed E-state index contributed by atoms with van der Waals surface area (Å²) in [6.45, 7) is 3.08. The Kier molecular flexibility index (Phi) is 3.98. The van der Waals surface area contributed by atoms with Gasteiger partial charge in [0.1, 0.15) is 0 Å². The van der Waals surface area contributed by atoms with Crippen LogP contribution in [0.1, 0.15) is 13.8 Å². The summed E-state index contributed by atoms with van der Waals surface area (Å²) in [5, 5.41) is 0. The van der Waals surface area contributed by atoms with Crippen LogP contribution >= 0.6 is 0 Å². The number of ether oxygens (including phenoxy) is 3. The average Bonchev–Trinajstić information content (AvgIpc) is 2.33. The molecule has 0 atom stereocenters. The van der Waals surface area contributed by atoms with E-state index in [0.717, 1.165) is 3.57 Å². The Morgan fingerprint density at radius 1 is 1.16 bits per heavy atom. The van der Waals surface area contributed by atoms with Gasteiger partial charge in [-0.25, -0.2) is 9.59 Å². The Balaban J connectivity index is 2.19. The Bertz CT molecular complexity index is 492. The molecule has 1 aromatic rings. The Morgan fingerprint density at radius 3 is 2.32 bits per heavy atom. The van der Waals surface area contributed by atoms with E-state index in [1.165, 1.54) is 0 Å². The fourth-order valence-electron chi connectivity index (χ4n) is 1.61. The molecular weight excluding hydrogens is 363 g/mol. The van der Waals surface area contributed by atoms with Gasteiger partial charge in [0.15, 0.2) is 5.75 Å². The molecule has 1 fully saturated rings. The summed E-state index contributed by atoms with van der Waals surface area (Å²) in [6, 6.07) is 7.35. The molecular formula is C13H14IO5+. The molecule has 0 unspecified atom stereocenters. The van der Waals surface area contributed by atoms with Gasteiger partial charge in [0, 0.05) is 13.8 Å². The molecule has 0 aliphatic carbocycles. The average molecular weight is 377 g/mol. The van der Waals surface area contributed by atoms with Crippen molar-refractivity contribution in [3.63, 3.8) is 0 Å². The van der Waals surface area contributed by atoms with Crippen LogP contribution in [0.25, 0.3) is 0 Å². The number of hydrogen-bond donors (Lipinski definition) is 0. The van der Waals surface area contributed by atoms with Crippen LogP contribution < -0.4 is 25.9 Å². The summed E-state index contributed by atoms with van der Waals surface area (Å²) in [6.07, 6.45) is 0. The number of carbonyl (C=O) groups excluding carboxylic acids is 2. The van der Waals surface area contributed by atoms with Gasteiger partial charge in [0.25, 0.3) is 5.79 Å². The summed E-state index contributed by atoms with van der Waals surface area (Å²) in [5.41, 5.74) is 0. The van der Waals surface area contributed by atoms with Crippen molar-refractivity contribution >= 4 is 11.9 Å². The maximum atomic E-state index is 11.9. The van der Waals surface area contributed by atoms with Crippen molar-refractivity contribution < 1.29 is 45.0 Å². The molecule has 19 heavy (non-hydrogen) atoms. The monoisotopic (exact) mass is 377 g/mol. The maximum Gasteiger partial charge on any atom is 0.373 e. The molecule has 0 bridgehead atoms. The maximum absolute atomic E-state index is 11.9. The predicted octanol–water partition coefficient (Wildman–Crippen LogP) is -1.84. The quantitative estimate of drug-likeness (QED) is 0.268. The van der Waals surface area contributed by atoms with E-state index >= 15 is 0 Å². The Morgan fingerprint density at radius 2 is 1.74 bits per heavy atom. The number of para-hydroxylation sites is 1. The molecule has 2 rings (SSSR count). The lowest BCUT2D eigenvalue weighted by molar-refractivity contribution is -0.644. The number of esters is 2. The van der Waals surface area contributed by atoms with Gasteiger partial charge in [-0.2, -0.15) is 0 Å². The zero-order valence-corrected chi connectivity index (χ0v) is 13.0. The van der Waals surface area contributed by atoms with Crippen LogP contribution in [0.5, 0.6) is 5.75 Å². The molecule has 6 heteroatoms. The summed E-state index contributed by atoms with van der Waals surface area (Å²) in [7, 11) is 1.56. The van der Waals surface area contributed by atoms with Crippen LogP contribution in [0.4, 0.5) is 0 Å². The molecule has 1 aliphatic heterocycles. The first-order valence-corrected chi connectivity index (χ1v) is 7.97. The van der Waals surface area contributed by atoms with E-state index in [-0.39, 0.29) is 0 Å². The largest absolute Gasteiger partial charge is 0.492 e. The lowest BCUT2D eigenvalue weighted by Gasteiger charge is -2.29. The van der Waals surface area contributed by atoms with E-state index < -0.39 is 42.9 Å². The first-order valence-electron chi connectivity index (χ1n) is 5.65. The zero-order chi connectivity index (χ0) is 14.0. The van der Waals surface area contributed by atoms with E-state index in [9.17, 15) is 9.59 Å². The van der Waals surface area contributed by atoms with Crippen molar-refractivity contribution in [3.05, 3.63) is 27.8 Å². The van der Waals surface area contributed by atoms with E-state index in [2.05, 4.69) is 0 Å². The third-order valence-corrected chi connectivity index (χ3v) is 5.59. The summed E-state index contributed by atoms with van der Waals surface area (Å²) in [4.78, 5) is 23.8. The highest BCUT2D eigenvalue weighted by Crippen LogP contribution is 2.17. The highest BCUT2D eigenvalue weighted by atomic mass is 127. The van der Waals surface area contributed by atoms with Crippen molar-refractivity contribution in [3.8, 4) is 5.75 Å². The van der Waals surface area contributed by atoms with Crippen LogP contribution in [-0.2, 0) is 19.1 Å². The number of hydrogen-bond acceptors (Lipinski definition) is 5. The second kappa shape index (κ2) is 5.36. The third-order valence-electron chi connectivity index (χ3n) is 2.39. The number of alkyl halides is 1. The van der Waals surface area contributed by atoms with Crippen LogP contribution in [-0.4, -0.2) is 28.8 Å². The Labute approximate surface area is 121 Å². The van der Waals surface area contributed by atoms with Gasteiger partial charge in [0.2, 0.25) is 3.57 Å². The molecule has 1 aliphatic rings. The second-order valence-electron chi connectivity index (χ2n) is 4.35. The number of carbonyl (C=O) groups is 2. The summed E-state index contributed by atoms with van der Waals surface area (Å²) < 4.78 is 15.5. The minimum atomic E-state index is -1.17. The lowest BCUT2D eigenvalue weighted by atomic mass is 10.3. The van der Waals surface area contributed by atoms with Crippen molar-refractivity contribution in [2.24, 2.45) is 0 Å². The third kappa shape index (κ3) is 3.17. The normalized spacial score (nSPS) is 18.7. The van der Waals surface area contributed by atoms with Crippen molar-refractivity contribution in [2.45, 2.75) is 23.6 Å². The fraction of sp³-hybridized carbons (Fsp3) is 0.385. The molecule has 0 saturated carbocycles. The standard InChI is InChI=1S/C13H14IO5/c1-13(2)18-11(15)10(12(16)19-13)14-8-6-4-5-7-9(8)17-3/h4-7,10H,1-3H3/q+1. The minimum Gasteiger partial charge on any atom is -0.492 e. The van der Waals surface area contributed by atoms with Gasteiger partial charge < -0.3 is 14.2 Å². The molecule has 1 saturated heterocycles. The van der Waals surface area contributed by atoms with Gasteiger partial charge in [-0.3, -0.25) is 0 Å². The smallest absolute Gasteiger partial charge is 0.373 e. The molecule has 0 amide bonds. The predicted molar refractivity (Wildman–Crippen MR) is 61.7 cm³/mol. The molecule has 102 valence electrons. The van der Waals surface area contributed by atoms with Crippen LogP contribution in [0.2, 0.25) is 0 Å². The number of cyclic esters (lactones) is 2. The SMILES string of the molecule is COc1ccccc1[I+]C1C(=O)OC(C)(C)OC1=O. The summed E-state index contributed by atoms with van der Waals surface area (Å²) in [5.74, 6) is -1.52. The number of halogens is 1. The fourth-order valence-corrected chi connectivity index (χ4v) is 4.17. The van der Waals surface area contributed by atoms with E-state index in [1.807, 2.05) is 18.2 Å². The van der Waals surface area contributed by atoms with E-state index in [4.69, 9.17) is 14.2 Å². The highest BCUT2D eigenvalue weighted by molar-refractivity contribution is 5.99. The second-order valence-corrected chi connectivity index (χ2v) is 7.38. The van der Waals surface area contributed by atoms with Crippen molar-refractivity contribution in [1.82, 2.24) is 0 Å². The van der Waals surface area contributed by atoms with Crippen molar-refractivity contribution in [1.29, 1.82) is 0 Å². The first kappa shape index (κ1) is 14.1. The van der Waals surface area contributed by atoms with Gasteiger partial charge in [-0.15, -0.1) is 0 Å². The van der Waals surface area contributed by atoms with Crippen LogP contribution in [0.15, 0.2) is 24.3 Å². The summed E-state index contributed by atoms with van der Waals surface area (Å²) >= 11 is -0.919. The van der Waals surface area contributed by atoms with Crippen molar-refractivity contribution in [2.75, 3.05) is 7.11 Å². The zero-order valence-electron chi connectivity index (χ0n) is 10.8. The highest BCUT2D eigenvalue weighted by Gasteiger charge is 2.52. The molecule has 0 N–H and O–H groups in total. The van der Waals surface area contributed by atoms with Gasteiger partial charge in [-0.1, -0.05) is 12.1 Å². The van der Waals surface area contributed by atoms with Gasteiger partial charge >= 0.3 is 37.1 Å². The van der Waals surface area contributed by atoms with E-state index in [0.29, 0.717) is 5.75 Å². The van der Waals surface area contributed by atoms with Crippen LogP contribution in [0.3, 0.4) is 0 Å². The van der Waals surface area contributed by atoms with Gasteiger partial charge in [0.05, 0.1) is 7.11 Å². The van der Waals surface area contributed by atoms with E-state index in [1.54, 1.807) is 27.0 Å². The van der Waals surface area contributed by atoms with Gasteiger partial charge in [-0.05, 0) is 12.1 Å². The minimum absolute atomic E-state index is 0.514. The molecule has 5 nitrogen and oxygen atoms in total. The van der Waals surface area contributed by atoms with Crippen LogP contribution in [0, 0.1) is 3.57 Å². The molecule has 0 radical (unpaired) electrons. The lowest BCUT2D eigenvalue weighted by Crippen LogP contribution is -3.66. The molecule has 0 spiro atoms. The molecule has 0 aromatic heterocycles. The number of methoxy groups -OCH3 is 1.